The second-order valence-corrected chi connectivity index (χ2v) is 11.7. The summed E-state index contributed by atoms with van der Waals surface area (Å²) in [6, 6.07) is -0.651. The van der Waals surface area contributed by atoms with Crippen LogP contribution in [0.25, 0.3) is 0 Å². The Hall–Kier alpha value is -2.02. The number of piperidine rings is 1. The molecule has 2 unspecified atom stereocenters. The first-order valence-corrected chi connectivity index (χ1v) is 14.5. The number of nitrogens with one attached hydrogen (secondary N) is 1. The summed E-state index contributed by atoms with van der Waals surface area (Å²) in [5.74, 6) is -1.27. The minimum absolute atomic E-state index is 0.0794. The zero-order valence-corrected chi connectivity index (χ0v) is 22.4. The van der Waals surface area contributed by atoms with E-state index in [1.807, 2.05) is 6.08 Å². The third-order valence-corrected chi connectivity index (χ3v) is 9.33. The standard InChI is InChI=1S/C29H45N3O4/c1-3-31-25(34)28(2,23-14-10-9-11-15-23)26(35)32(27(31)36)21-24(33)22-16-19-29(30-20-22)17-12-7-5-4-6-8-13-18-29/h14,22,30H,3-13,15-21H2,1-2H3. The Balaban J connectivity index is 1.44. The van der Waals surface area contributed by atoms with Gasteiger partial charge in [-0.15, -0.1) is 0 Å². The van der Waals surface area contributed by atoms with Gasteiger partial charge in [0.15, 0.2) is 5.78 Å². The summed E-state index contributed by atoms with van der Waals surface area (Å²) >= 11 is 0. The summed E-state index contributed by atoms with van der Waals surface area (Å²) in [5.41, 5.74) is -0.470. The van der Waals surface area contributed by atoms with Crippen LogP contribution in [0.2, 0.25) is 0 Å². The van der Waals surface area contributed by atoms with Gasteiger partial charge >= 0.3 is 6.03 Å². The minimum atomic E-state index is -1.39. The molecule has 1 N–H and O–H groups in total. The second-order valence-electron chi connectivity index (χ2n) is 11.7. The summed E-state index contributed by atoms with van der Waals surface area (Å²) in [5, 5.41) is 3.75. The van der Waals surface area contributed by atoms with Crippen LogP contribution in [0.5, 0.6) is 0 Å². The van der Waals surface area contributed by atoms with Gasteiger partial charge in [-0.3, -0.25) is 24.2 Å². The van der Waals surface area contributed by atoms with Gasteiger partial charge in [0, 0.05) is 24.5 Å². The number of ketones is 1. The molecule has 4 rings (SSSR count). The van der Waals surface area contributed by atoms with Gasteiger partial charge in [-0.25, -0.2) is 4.79 Å². The van der Waals surface area contributed by atoms with Crippen molar-refractivity contribution in [2.45, 2.75) is 116 Å². The summed E-state index contributed by atoms with van der Waals surface area (Å²) in [4.78, 5) is 55.8. The molecular weight excluding hydrogens is 454 g/mol. The number of carbonyl (C=O) groups excluding carboxylic acids is 4. The molecule has 0 aromatic heterocycles. The van der Waals surface area contributed by atoms with Crippen molar-refractivity contribution in [2.24, 2.45) is 11.3 Å². The number of hydrogen-bond donors (Lipinski definition) is 1. The van der Waals surface area contributed by atoms with Crippen molar-refractivity contribution >= 4 is 23.6 Å². The predicted molar refractivity (Wildman–Crippen MR) is 139 cm³/mol. The number of urea groups is 1. The molecule has 2 aliphatic carbocycles. The molecule has 7 heteroatoms. The largest absolute Gasteiger partial charge is 0.333 e. The van der Waals surface area contributed by atoms with E-state index in [0.29, 0.717) is 13.0 Å². The monoisotopic (exact) mass is 499 g/mol. The molecule has 4 amide bonds. The topological polar surface area (TPSA) is 86.8 Å². The Morgan fingerprint density at radius 3 is 2.11 bits per heavy atom. The Morgan fingerprint density at radius 1 is 0.917 bits per heavy atom. The molecule has 0 bridgehead atoms. The van der Waals surface area contributed by atoms with E-state index >= 15 is 0 Å². The summed E-state index contributed by atoms with van der Waals surface area (Å²) < 4.78 is 0. The summed E-state index contributed by atoms with van der Waals surface area (Å²) in [6.07, 6.45) is 18.6. The maximum atomic E-state index is 13.7. The molecule has 2 saturated heterocycles. The quantitative estimate of drug-likeness (QED) is 0.418. The van der Waals surface area contributed by atoms with Gasteiger partial charge in [0.1, 0.15) is 5.41 Å². The molecule has 7 nitrogen and oxygen atoms in total. The average molecular weight is 500 g/mol. The Labute approximate surface area is 216 Å². The van der Waals surface area contributed by atoms with Crippen LogP contribution in [0.3, 0.4) is 0 Å². The van der Waals surface area contributed by atoms with E-state index in [0.717, 1.165) is 60.3 Å². The molecule has 1 saturated carbocycles. The molecule has 3 fully saturated rings. The van der Waals surface area contributed by atoms with Crippen molar-refractivity contribution in [3.63, 3.8) is 0 Å². The van der Waals surface area contributed by atoms with Crippen molar-refractivity contribution in [3.8, 4) is 0 Å². The third-order valence-electron chi connectivity index (χ3n) is 9.33. The molecule has 2 atom stereocenters. The summed E-state index contributed by atoms with van der Waals surface area (Å²) in [6.45, 7) is 3.93. The highest BCUT2D eigenvalue weighted by molar-refractivity contribution is 6.21. The van der Waals surface area contributed by atoms with Crippen molar-refractivity contribution in [2.75, 3.05) is 19.6 Å². The molecule has 0 aromatic carbocycles. The lowest BCUT2D eigenvalue weighted by Gasteiger charge is -2.44. The molecule has 0 radical (unpaired) electrons. The third kappa shape index (κ3) is 5.32. The van der Waals surface area contributed by atoms with Gasteiger partial charge in [0.25, 0.3) is 5.91 Å². The van der Waals surface area contributed by atoms with Gasteiger partial charge in [-0.05, 0) is 70.8 Å². The highest BCUT2D eigenvalue weighted by Gasteiger charge is 2.56. The highest BCUT2D eigenvalue weighted by Crippen LogP contribution is 2.41. The first kappa shape index (κ1) is 27.0. The maximum absolute atomic E-state index is 13.7. The number of hydrogen-bond acceptors (Lipinski definition) is 5. The first-order valence-electron chi connectivity index (χ1n) is 14.5. The maximum Gasteiger partial charge on any atom is 0.333 e. The molecule has 0 aromatic rings. The highest BCUT2D eigenvalue weighted by atomic mass is 16.2. The van der Waals surface area contributed by atoms with E-state index in [-0.39, 0.29) is 30.3 Å². The van der Waals surface area contributed by atoms with Gasteiger partial charge < -0.3 is 5.32 Å². The number of amides is 4. The van der Waals surface area contributed by atoms with E-state index in [9.17, 15) is 19.2 Å². The smallest absolute Gasteiger partial charge is 0.311 e. The van der Waals surface area contributed by atoms with Crippen LogP contribution in [0.1, 0.15) is 110 Å². The SMILES string of the molecule is CCN1C(=O)N(CC(=O)C2CCC3(CCCCCCCCC3)NC2)C(=O)C(C)(C2=CCCCC2)C1=O. The number of imide groups is 2. The van der Waals surface area contributed by atoms with Crippen LogP contribution in [0, 0.1) is 11.3 Å². The molecule has 2 heterocycles. The lowest BCUT2D eigenvalue weighted by atomic mass is 9.73. The Bertz CT molecular complexity index is 877. The minimum Gasteiger partial charge on any atom is -0.311 e. The van der Waals surface area contributed by atoms with E-state index in [1.165, 1.54) is 44.9 Å². The van der Waals surface area contributed by atoms with Crippen molar-refractivity contribution in [1.29, 1.82) is 0 Å². The zero-order valence-electron chi connectivity index (χ0n) is 22.4. The fraction of sp³-hybridized carbons (Fsp3) is 0.793. The Morgan fingerprint density at radius 2 is 1.56 bits per heavy atom. The van der Waals surface area contributed by atoms with Crippen molar-refractivity contribution in [3.05, 3.63) is 11.6 Å². The number of barbiturate groups is 1. The molecule has 36 heavy (non-hydrogen) atoms. The van der Waals surface area contributed by atoms with E-state index in [1.54, 1.807) is 13.8 Å². The van der Waals surface area contributed by atoms with Crippen LogP contribution in [-0.2, 0) is 14.4 Å². The molecule has 1 spiro atoms. The van der Waals surface area contributed by atoms with Crippen LogP contribution >= 0.6 is 0 Å². The molecular formula is C29H45N3O4. The fourth-order valence-electron chi connectivity index (χ4n) is 6.84. The Kier molecular flexibility index (Phi) is 8.69. The molecule has 4 aliphatic rings. The number of rotatable bonds is 5. The molecule has 2 aliphatic heterocycles. The number of Topliss-reactive ketones (excluding diaryl/α,β-unsaturated/α-hetero) is 1. The van der Waals surface area contributed by atoms with Crippen molar-refractivity contribution in [1.82, 2.24) is 15.1 Å². The summed E-state index contributed by atoms with van der Waals surface area (Å²) in [7, 11) is 0. The van der Waals surface area contributed by atoms with Crippen molar-refractivity contribution < 1.29 is 19.2 Å². The average Bonchev–Trinajstić information content (AvgIpc) is 2.90. The van der Waals surface area contributed by atoms with Crippen LogP contribution in [0.4, 0.5) is 4.79 Å². The van der Waals surface area contributed by atoms with Crippen LogP contribution < -0.4 is 5.32 Å². The lowest BCUT2D eigenvalue weighted by Crippen LogP contribution is -2.66. The van der Waals surface area contributed by atoms with E-state index in [2.05, 4.69) is 5.32 Å². The number of allylic oxidation sites excluding steroid dienone is 1. The fourth-order valence-corrected chi connectivity index (χ4v) is 6.84. The zero-order chi connectivity index (χ0) is 25.8. The second kappa shape index (κ2) is 11.6. The van der Waals surface area contributed by atoms with E-state index in [4.69, 9.17) is 0 Å². The van der Waals surface area contributed by atoms with Gasteiger partial charge in [0.05, 0.1) is 6.54 Å². The first-order chi connectivity index (χ1) is 17.3. The van der Waals surface area contributed by atoms with Gasteiger partial charge in [0.2, 0.25) is 5.91 Å². The molecule has 200 valence electrons. The normalized spacial score (nSPS) is 30.3. The van der Waals surface area contributed by atoms with Gasteiger partial charge in [-0.2, -0.15) is 0 Å². The number of nitrogens with zero attached hydrogens (tertiary/aromatic N) is 2. The lowest BCUT2D eigenvalue weighted by molar-refractivity contribution is -0.156. The van der Waals surface area contributed by atoms with Gasteiger partial charge in [-0.1, -0.05) is 51.0 Å². The van der Waals surface area contributed by atoms with Crippen LogP contribution in [0.15, 0.2) is 11.6 Å². The van der Waals surface area contributed by atoms with E-state index < -0.39 is 23.3 Å². The number of carbonyl (C=O) groups is 4. The predicted octanol–water partition coefficient (Wildman–Crippen LogP) is 5.14. The van der Waals surface area contributed by atoms with Crippen LogP contribution in [-0.4, -0.2) is 58.6 Å².